The molecule has 2 atom stereocenters. The predicted molar refractivity (Wildman–Crippen MR) is 51.7 cm³/mol. The number of rotatable bonds is 1. The molecule has 0 radical (unpaired) electrons. The number of furan rings is 1. The van der Waals surface area contributed by atoms with E-state index in [0.29, 0.717) is 6.04 Å². The van der Waals surface area contributed by atoms with Crippen LogP contribution < -0.4 is 0 Å². The maximum atomic E-state index is 5.45. The Bertz CT molecular complexity index is 264. The molecule has 0 aromatic carbocycles. The molecule has 0 aliphatic carbocycles. The van der Waals surface area contributed by atoms with Gasteiger partial charge in [-0.3, -0.25) is 0 Å². The van der Waals surface area contributed by atoms with Crippen LogP contribution in [0.3, 0.4) is 0 Å². The molecule has 72 valence electrons. The second-order valence-electron chi connectivity index (χ2n) is 4.23. The van der Waals surface area contributed by atoms with E-state index in [1.54, 1.807) is 6.26 Å². The molecule has 0 amide bonds. The Kier molecular flexibility index (Phi) is 2.16. The molecule has 0 spiro atoms. The molecule has 0 saturated carbocycles. The molecule has 0 N–H and O–H groups in total. The van der Waals surface area contributed by atoms with E-state index in [-0.39, 0.29) is 0 Å². The first-order chi connectivity index (χ1) is 6.20. The van der Waals surface area contributed by atoms with Crippen molar-refractivity contribution in [2.24, 2.45) is 0 Å². The van der Waals surface area contributed by atoms with Crippen molar-refractivity contribution in [3.63, 3.8) is 0 Å². The van der Waals surface area contributed by atoms with Gasteiger partial charge in [0.25, 0.3) is 0 Å². The molecule has 2 rings (SSSR count). The number of piperidine rings is 1. The van der Waals surface area contributed by atoms with Crippen molar-refractivity contribution in [1.82, 2.24) is 0 Å². The normalized spacial score (nSPS) is 34.8. The zero-order valence-electron chi connectivity index (χ0n) is 8.20. The minimum Gasteiger partial charge on any atom is -0.463 e. The average molecular weight is 179 g/mol. The summed E-state index contributed by atoms with van der Waals surface area (Å²) >= 11 is 0. The van der Waals surface area contributed by atoms with Gasteiger partial charge in [-0.25, -0.2) is 0 Å². The third kappa shape index (κ3) is 1.63. The number of nitrogens with zero attached hydrogens (tertiary/aromatic N) is 1. The first kappa shape index (κ1) is 8.82. The predicted octanol–water partition coefficient (Wildman–Crippen LogP) is 2.74. The van der Waals surface area contributed by atoms with E-state index in [1.165, 1.54) is 19.3 Å². The average Bonchev–Trinajstić information content (AvgIpc) is 2.55. The number of hydrogen-bond acceptors (Lipinski definition) is 1. The lowest BCUT2D eigenvalue weighted by molar-refractivity contribution is -0.904. The number of likely N-dealkylation sites (tertiary alicyclic amines) is 1. The molecule has 1 aliphatic rings. The molecule has 1 aromatic heterocycles. The number of quaternary nitrogens is 1. The largest absolute Gasteiger partial charge is 0.463 e. The molecule has 2 heteroatoms. The van der Waals surface area contributed by atoms with Gasteiger partial charge in [0.05, 0.1) is 12.8 Å². The fraction of sp³-hybridized carbons (Fsp3) is 0.545. The van der Waals surface area contributed by atoms with Crippen LogP contribution in [0.2, 0.25) is 0 Å². The van der Waals surface area contributed by atoms with Crippen LogP contribution in [0.1, 0.15) is 31.1 Å². The van der Waals surface area contributed by atoms with Crippen LogP contribution in [0.15, 0.2) is 22.8 Å². The van der Waals surface area contributed by atoms with Gasteiger partial charge >= 0.3 is 0 Å². The summed E-state index contributed by atoms with van der Waals surface area (Å²) in [7, 11) is 6.43. The van der Waals surface area contributed by atoms with E-state index in [9.17, 15) is 0 Å². The highest BCUT2D eigenvalue weighted by Gasteiger charge is 2.29. The van der Waals surface area contributed by atoms with Gasteiger partial charge in [0.1, 0.15) is 6.04 Å². The van der Waals surface area contributed by atoms with Crippen molar-refractivity contribution in [3.05, 3.63) is 31.2 Å². The molecule has 1 saturated heterocycles. The molecule has 1 aliphatic heterocycles. The van der Waals surface area contributed by atoms with Crippen LogP contribution in [-0.2, 0) is 0 Å². The molecule has 1 aromatic rings. The highest BCUT2D eigenvalue weighted by Crippen LogP contribution is 2.35. The summed E-state index contributed by atoms with van der Waals surface area (Å²) in [5.41, 5.74) is 0. The van der Waals surface area contributed by atoms with Crippen LogP contribution >= 0.6 is 0 Å². The molecular weight excluding hydrogens is 162 g/mol. The summed E-state index contributed by atoms with van der Waals surface area (Å²) < 4.78 is 6.28. The lowest BCUT2D eigenvalue weighted by Crippen LogP contribution is -2.44. The minimum atomic E-state index is 0.462. The lowest BCUT2D eigenvalue weighted by atomic mass is 9.98. The molecule has 0 bridgehead atoms. The van der Waals surface area contributed by atoms with E-state index in [4.69, 9.17) is 4.42 Å². The molecule has 13 heavy (non-hydrogen) atoms. The molecule has 1 fully saturated rings. The Morgan fingerprint density at radius 3 is 3.00 bits per heavy atom. The zero-order chi connectivity index (χ0) is 9.31. The smallest absolute Gasteiger partial charge is 0.158 e. The summed E-state index contributed by atoms with van der Waals surface area (Å²) in [6.07, 6.45) is 5.55. The van der Waals surface area contributed by atoms with Gasteiger partial charge < -0.3 is 8.90 Å². The molecule has 2 nitrogen and oxygen atoms in total. The van der Waals surface area contributed by atoms with Crippen LogP contribution in [0.5, 0.6) is 0 Å². The van der Waals surface area contributed by atoms with Crippen molar-refractivity contribution in [2.75, 3.05) is 13.6 Å². The van der Waals surface area contributed by atoms with Gasteiger partial charge in [0.15, 0.2) is 5.76 Å². The first-order valence-electron chi connectivity index (χ1n) is 4.93. The fourth-order valence-corrected chi connectivity index (χ4v) is 2.21. The maximum absolute atomic E-state index is 5.45. The minimum absolute atomic E-state index is 0.462. The second kappa shape index (κ2) is 3.18. The van der Waals surface area contributed by atoms with Gasteiger partial charge in [-0.2, -0.15) is 0 Å². The SMILES string of the molecule is [CH2-][N@+]1(C)CCCC[C@H]1c1ccco1. The standard InChI is InChI=1S/C11H17NO/c1-12(2)8-4-3-6-10(12)11-7-5-9-13-11/h5,7,9-10H,1,3-4,6,8H2,2H3/t10-,12-/m0/s1. The summed E-state index contributed by atoms with van der Waals surface area (Å²) in [5.74, 6) is 1.09. The fourth-order valence-electron chi connectivity index (χ4n) is 2.21. The monoisotopic (exact) mass is 179 g/mol. The van der Waals surface area contributed by atoms with Crippen LogP contribution in [-0.4, -0.2) is 18.1 Å². The quantitative estimate of drug-likeness (QED) is 0.477. The van der Waals surface area contributed by atoms with Crippen molar-refractivity contribution in [3.8, 4) is 0 Å². The van der Waals surface area contributed by atoms with E-state index in [1.807, 2.05) is 6.07 Å². The maximum Gasteiger partial charge on any atom is 0.158 e. The van der Waals surface area contributed by atoms with Crippen LogP contribution in [0.4, 0.5) is 0 Å². The third-order valence-corrected chi connectivity index (χ3v) is 3.02. The van der Waals surface area contributed by atoms with E-state index in [2.05, 4.69) is 20.2 Å². The Morgan fingerprint density at radius 1 is 1.54 bits per heavy atom. The van der Waals surface area contributed by atoms with E-state index in [0.717, 1.165) is 16.8 Å². The summed E-state index contributed by atoms with van der Waals surface area (Å²) in [6.45, 7) is 1.16. The lowest BCUT2D eigenvalue weighted by Gasteiger charge is -2.47. The summed E-state index contributed by atoms with van der Waals surface area (Å²) in [6, 6.07) is 4.49. The van der Waals surface area contributed by atoms with E-state index >= 15 is 0 Å². The van der Waals surface area contributed by atoms with Crippen LogP contribution in [0.25, 0.3) is 0 Å². The van der Waals surface area contributed by atoms with E-state index < -0.39 is 0 Å². The van der Waals surface area contributed by atoms with Gasteiger partial charge in [0.2, 0.25) is 0 Å². The van der Waals surface area contributed by atoms with Gasteiger partial charge in [0, 0.05) is 13.5 Å². The Morgan fingerprint density at radius 2 is 2.38 bits per heavy atom. The summed E-state index contributed by atoms with van der Waals surface area (Å²) in [5, 5.41) is 0. The van der Waals surface area contributed by atoms with Crippen molar-refractivity contribution >= 4 is 0 Å². The highest BCUT2D eigenvalue weighted by atomic mass is 16.3. The van der Waals surface area contributed by atoms with Crippen molar-refractivity contribution < 1.29 is 8.90 Å². The van der Waals surface area contributed by atoms with Gasteiger partial charge in [-0.05, 0) is 25.0 Å². The molecule has 2 heterocycles. The van der Waals surface area contributed by atoms with Crippen LogP contribution in [0, 0.1) is 7.05 Å². The third-order valence-electron chi connectivity index (χ3n) is 3.02. The van der Waals surface area contributed by atoms with Gasteiger partial charge in [-0.15, -0.1) is 7.05 Å². The van der Waals surface area contributed by atoms with Gasteiger partial charge in [-0.1, -0.05) is 0 Å². The highest BCUT2D eigenvalue weighted by molar-refractivity contribution is 5.02. The Hall–Kier alpha value is -0.760. The topological polar surface area (TPSA) is 13.1 Å². The second-order valence-corrected chi connectivity index (χ2v) is 4.23. The Labute approximate surface area is 79.7 Å². The number of hydrogen-bond donors (Lipinski definition) is 0. The van der Waals surface area contributed by atoms with Crippen molar-refractivity contribution in [1.29, 1.82) is 0 Å². The Balaban J connectivity index is 2.21. The van der Waals surface area contributed by atoms with Crippen molar-refractivity contribution in [2.45, 2.75) is 25.3 Å². The summed E-state index contributed by atoms with van der Waals surface area (Å²) in [4.78, 5) is 0. The molecular formula is C11H17NO. The first-order valence-corrected chi connectivity index (χ1v) is 4.93. The zero-order valence-corrected chi connectivity index (χ0v) is 8.20. The molecule has 0 unspecified atom stereocenters.